The van der Waals surface area contributed by atoms with E-state index in [-0.39, 0.29) is 23.0 Å². The van der Waals surface area contributed by atoms with Crippen LogP contribution in [0.15, 0.2) is 85.0 Å². The fourth-order valence-corrected chi connectivity index (χ4v) is 2.81. The van der Waals surface area contributed by atoms with Gasteiger partial charge < -0.3 is 24.4 Å². The van der Waals surface area contributed by atoms with Gasteiger partial charge >= 0.3 is 17.9 Å². The molecule has 0 bridgehead atoms. The number of ether oxygens (including phenoxy) is 3. The summed E-state index contributed by atoms with van der Waals surface area (Å²) in [6, 6.07) is 16.8. The predicted octanol–water partition coefficient (Wildman–Crippen LogP) is 4.52. The van der Waals surface area contributed by atoms with Gasteiger partial charge in [0.2, 0.25) is 0 Å². The first-order chi connectivity index (χ1) is 17.3. The Morgan fingerprint density at radius 1 is 0.583 bits per heavy atom. The van der Waals surface area contributed by atoms with Crippen molar-refractivity contribution in [3.05, 3.63) is 102 Å². The molecule has 0 saturated heterocycles. The third-order valence-corrected chi connectivity index (χ3v) is 4.61. The number of aromatic hydroxyl groups is 2. The van der Waals surface area contributed by atoms with Crippen molar-refractivity contribution in [1.82, 2.24) is 0 Å². The lowest BCUT2D eigenvalue weighted by molar-refractivity contribution is -0.134. The normalized spacial score (nSPS) is 11.1. The molecule has 0 atom stereocenters. The molecule has 0 aliphatic heterocycles. The lowest BCUT2D eigenvalue weighted by Crippen LogP contribution is -2.09. The van der Waals surface area contributed by atoms with Crippen LogP contribution in [-0.4, -0.2) is 35.2 Å². The number of phenolic OH excluding ortho intramolecular Hbond substituents is 2. The third kappa shape index (κ3) is 8.03. The van der Waals surface area contributed by atoms with Crippen LogP contribution in [0.5, 0.6) is 23.0 Å². The second-order valence-corrected chi connectivity index (χ2v) is 7.25. The Hall–Kier alpha value is -5.11. The third-order valence-electron chi connectivity index (χ3n) is 4.61. The number of rotatable bonds is 8. The van der Waals surface area contributed by atoms with E-state index in [0.29, 0.717) is 16.7 Å². The molecule has 0 heterocycles. The van der Waals surface area contributed by atoms with Crippen molar-refractivity contribution in [3.63, 3.8) is 0 Å². The number of benzene rings is 3. The van der Waals surface area contributed by atoms with Gasteiger partial charge in [-0.05, 0) is 71.3 Å². The summed E-state index contributed by atoms with van der Waals surface area (Å²) in [7, 11) is 1.24. The zero-order valence-electron chi connectivity index (χ0n) is 19.2. The summed E-state index contributed by atoms with van der Waals surface area (Å²) in [5.74, 6) is -1.91. The van der Waals surface area contributed by atoms with Gasteiger partial charge in [0.25, 0.3) is 0 Å². The molecular formula is C28H22O8. The Morgan fingerprint density at radius 3 is 1.50 bits per heavy atom. The average molecular weight is 486 g/mol. The van der Waals surface area contributed by atoms with E-state index in [2.05, 4.69) is 4.74 Å². The number of phenols is 2. The lowest BCUT2D eigenvalue weighted by atomic mass is 10.2. The van der Waals surface area contributed by atoms with Crippen molar-refractivity contribution in [1.29, 1.82) is 0 Å². The van der Waals surface area contributed by atoms with Crippen LogP contribution < -0.4 is 9.47 Å². The molecule has 3 aromatic carbocycles. The van der Waals surface area contributed by atoms with Crippen LogP contribution in [0.1, 0.15) is 16.7 Å². The van der Waals surface area contributed by atoms with Gasteiger partial charge in [0.1, 0.15) is 11.5 Å². The number of esters is 3. The van der Waals surface area contributed by atoms with E-state index in [4.69, 9.17) is 9.47 Å². The first-order valence-electron chi connectivity index (χ1n) is 10.6. The van der Waals surface area contributed by atoms with E-state index >= 15 is 0 Å². The zero-order valence-corrected chi connectivity index (χ0v) is 19.2. The van der Waals surface area contributed by atoms with Crippen LogP contribution in [0.4, 0.5) is 0 Å². The molecule has 0 amide bonds. The van der Waals surface area contributed by atoms with Crippen molar-refractivity contribution in [2.24, 2.45) is 0 Å². The van der Waals surface area contributed by atoms with Crippen molar-refractivity contribution in [2.45, 2.75) is 0 Å². The minimum absolute atomic E-state index is 0.0167. The topological polar surface area (TPSA) is 119 Å². The maximum absolute atomic E-state index is 12.4. The lowest BCUT2D eigenvalue weighted by Gasteiger charge is -2.09. The molecule has 8 nitrogen and oxygen atoms in total. The number of hydrogen-bond acceptors (Lipinski definition) is 8. The molecular weight excluding hydrogens is 464 g/mol. The predicted molar refractivity (Wildman–Crippen MR) is 133 cm³/mol. The first kappa shape index (κ1) is 25.5. The second kappa shape index (κ2) is 12.4. The Morgan fingerprint density at radius 2 is 1.00 bits per heavy atom. The summed E-state index contributed by atoms with van der Waals surface area (Å²) in [5.41, 5.74) is 1.81. The van der Waals surface area contributed by atoms with Gasteiger partial charge in [-0.15, -0.1) is 0 Å². The van der Waals surface area contributed by atoms with E-state index in [9.17, 15) is 24.6 Å². The van der Waals surface area contributed by atoms with Gasteiger partial charge in [-0.1, -0.05) is 30.3 Å². The van der Waals surface area contributed by atoms with E-state index < -0.39 is 17.9 Å². The van der Waals surface area contributed by atoms with Gasteiger partial charge in [-0.25, -0.2) is 14.4 Å². The smallest absolute Gasteiger partial charge is 0.336 e. The fourth-order valence-electron chi connectivity index (χ4n) is 2.81. The summed E-state index contributed by atoms with van der Waals surface area (Å²) in [5, 5.41) is 18.7. The highest BCUT2D eigenvalue weighted by molar-refractivity contribution is 5.91. The van der Waals surface area contributed by atoms with Crippen LogP contribution in [-0.2, 0) is 19.1 Å². The van der Waals surface area contributed by atoms with Gasteiger partial charge in [0, 0.05) is 18.2 Å². The van der Waals surface area contributed by atoms with Gasteiger partial charge in [-0.3, -0.25) is 0 Å². The standard InChI is InChI=1S/C28H22O8/c1-34-26(31)15-9-21-6-14-24(35-27(32)16-7-19-2-10-22(29)11-3-19)25(18-21)36-28(33)17-8-20-4-12-23(30)13-5-20/h2-18,29-30H,1H3. The molecule has 0 aromatic heterocycles. The molecule has 3 rings (SSSR count). The molecule has 36 heavy (non-hydrogen) atoms. The molecule has 0 aliphatic rings. The van der Waals surface area contributed by atoms with Crippen LogP contribution in [0, 0.1) is 0 Å². The Labute approximate surface area is 207 Å². The zero-order chi connectivity index (χ0) is 25.9. The van der Waals surface area contributed by atoms with Crippen LogP contribution in [0.2, 0.25) is 0 Å². The quantitative estimate of drug-likeness (QED) is 0.271. The summed E-state index contributed by atoms with van der Waals surface area (Å²) in [4.78, 5) is 36.2. The van der Waals surface area contributed by atoms with E-state index in [0.717, 1.165) is 0 Å². The molecule has 0 unspecified atom stereocenters. The molecule has 0 radical (unpaired) electrons. The maximum atomic E-state index is 12.4. The Kier molecular flexibility index (Phi) is 8.77. The monoisotopic (exact) mass is 486 g/mol. The molecule has 0 saturated carbocycles. The van der Waals surface area contributed by atoms with Crippen molar-refractivity contribution >= 4 is 36.1 Å². The van der Waals surface area contributed by atoms with Gasteiger partial charge in [0.05, 0.1) is 7.11 Å². The van der Waals surface area contributed by atoms with Crippen LogP contribution in [0.25, 0.3) is 18.2 Å². The molecule has 2 N–H and O–H groups in total. The molecule has 0 aliphatic carbocycles. The molecule has 8 heteroatoms. The number of hydrogen-bond donors (Lipinski definition) is 2. The van der Waals surface area contributed by atoms with E-state index in [1.54, 1.807) is 30.3 Å². The molecule has 0 spiro atoms. The number of methoxy groups -OCH3 is 1. The summed E-state index contributed by atoms with van der Waals surface area (Å²) in [6.45, 7) is 0. The minimum atomic E-state index is -0.742. The van der Waals surface area contributed by atoms with Crippen molar-refractivity contribution in [3.8, 4) is 23.0 Å². The first-order valence-corrected chi connectivity index (χ1v) is 10.6. The van der Waals surface area contributed by atoms with E-state index in [1.807, 2.05) is 0 Å². The highest BCUT2D eigenvalue weighted by Gasteiger charge is 2.13. The SMILES string of the molecule is COC(=O)C=Cc1ccc(OC(=O)C=Cc2ccc(O)cc2)c(OC(=O)C=Cc2ccc(O)cc2)c1. The maximum Gasteiger partial charge on any atom is 0.336 e. The van der Waals surface area contributed by atoms with E-state index in [1.165, 1.54) is 80.0 Å². The number of carbonyl (C=O) groups excluding carboxylic acids is 3. The highest BCUT2D eigenvalue weighted by Crippen LogP contribution is 2.30. The largest absolute Gasteiger partial charge is 0.508 e. The summed E-state index contributed by atoms with van der Waals surface area (Å²) >= 11 is 0. The molecule has 3 aromatic rings. The van der Waals surface area contributed by atoms with Crippen molar-refractivity contribution < 1.29 is 38.8 Å². The Balaban J connectivity index is 1.79. The van der Waals surface area contributed by atoms with Gasteiger partial charge in [-0.2, -0.15) is 0 Å². The Bertz CT molecular complexity index is 1320. The highest BCUT2D eigenvalue weighted by atomic mass is 16.6. The average Bonchev–Trinajstić information content (AvgIpc) is 2.88. The van der Waals surface area contributed by atoms with Crippen molar-refractivity contribution in [2.75, 3.05) is 7.11 Å². The van der Waals surface area contributed by atoms with Crippen LogP contribution in [0.3, 0.4) is 0 Å². The van der Waals surface area contributed by atoms with Crippen LogP contribution >= 0.6 is 0 Å². The summed E-state index contributed by atoms with van der Waals surface area (Å²) < 4.78 is 15.3. The molecule has 0 fully saturated rings. The summed E-state index contributed by atoms with van der Waals surface area (Å²) in [6.07, 6.45) is 8.01. The fraction of sp³-hybridized carbons (Fsp3) is 0.0357. The second-order valence-electron chi connectivity index (χ2n) is 7.25. The molecule has 182 valence electrons. The van der Waals surface area contributed by atoms with Gasteiger partial charge in [0.15, 0.2) is 11.5 Å². The number of carbonyl (C=O) groups is 3. The minimum Gasteiger partial charge on any atom is -0.508 e.